The van der Waals surface area contributed by atoms with E-state index in [1.54, 1.807) is 0 Å². The number of amides is 1. The molecule has 0 aromatic carbocycles. The fourth-order valence-electron chi connectivity index (χ4n) is 2.83. The van der Waals surface area contributed by atoms with E-state index < -0.39 is 0 Å². The molecule has 2 N–H and O–H groups in total. The zero-order valence-electron chi connectivity index (χ0n) is 12.1. The third-order valence-corrected chi connectivity index (χ3v) is 3.77. The van der Waals surface area contributed by atoms with Gasteiger partial charge in [0.15, 0.2) is 0 Å². The number of hydrogen-bond donors (Lipinski definition) is 1. The molecule has 2 rings (SSSR count). The predicted molar refractivity (Wildman–Crippen MR) is 84.8 cm³/mol. The van der Waals surface area contributed by atoms with E-state index in [1.165, 1.54) is 0 Å². The summed E-state index contributed by atoms with van der Waals surface area (Å²) in [7, 11) is 0. The lowest BCUT2D eigenvalue weighted by atomic mass is 10.1. The Morgan fingerprint density at radius 3 is 2.55 bits per heavy atom. The molecule has 120 valence electrons. The number of morpholine rings is 1. The smallest absolute Gasteiger partial charge is 0.224 e. The highest BCUT2D eigenvalue weighted by atomic mass is 35.5. The first kappa shape index (κ1) is 19.9. The van der Waals surface area contributed by atoms with Crippen LogP contribution in [0, 0.1) is 0 Å². The third-order valence-electron chi connectivity index (χ3n) is 3.77. The number of nitrogens with zero attached hydrogens (tertiary/aromatic N) is 2. The molecule has 5 nitrogen and oxygen atoms in total. The van der Waals surface area contributed by atoms with E-state index in [4.69, 9.17) is 10.5 Å². The van der Waals surface area contributed by atoms with Gasteiger partial charge in [-0.3, -0.25) is 9.69 Å². The molecule has 0 aromatic rings. The summed E-state index contributed by atoms with van der Waals surface area (Å²) in [5, 5.41) is 0. The van der Waals surface area contributed by atoms with Gasteiger partial charge in [-0.05, 0) is 19.8 Å². The first-order chi connectivity index (χ1) is 8.66. The summed E-state index contributed by atoms with van der Waals surface area (Å²) < 4.78 is 5.35. The van der Waals surface area contributed by atoms with E-state index >= 15 is 0 Å². The fraction of sp³-hybridized carbons (Fsp3) is 0.923. The van der Waals surface area contributed by atoms with Gasteiger partial charge in [-0.15, -0.1) is 24.8 Å². The van der Waals surface area contributed by atoms with Gasteiger partial charge >= 0.3 is 0 Å². The van der Waals surface area contributed by atoms with Crippen LogP contribution in [0.1, 0.15) is 26.2 Å². The molecule has 2 fully saturated rings. The van der Waals surface area contributed by atoms with Gasteiger partial charge in [0.1, 0.15) is 0 Å². The van der Waals surface area contributed by atoms with Crippen molar-refractivity contribution in [1.82, 2.24) is 9.80 Å². The second-order valence-electron chi connectivity index (χ2n) is 5.48. The Morgan fingerprint density at radius 2 is 1.95 bits per heavy atom. The van der Waals surface area contributed by atoms with Gasteiger partial charge in [-0.1, -0.05) is 0 Å². The second-order valence-corrected chi connectivity index (χ2v) is 5.48. The van der Waals surface area contributed by atoms with Crippen LogP contribution in [0.3, 0.4) is 0 Å². The molecule has 2 aliphatic rings. The van der Waals surface area contributed by atoms with Crippen LogP contribution in [-0.4, -0.2) is 67.2 Å². The summed E-state index contributed by atoms with van der Waals surface area (Å²) in [6, 6.07) is 0.344. The van der Waals surface area contributed by atoms with E-state index in [0.29, 0.717) is 12.5 Å². The van der Waals surface area contributed by atoms with E-state index in [1.807, 2.05) is 11.8 Å². The zero-order valence-corrected chi connectivity index (χ0v) is 13.8. The van der Waals surface area contributed by atoms with Crippen LogP contribution in [0.15, 0.2) is 0 Å². The van der Waals surface area contributed by atoms with Crippen molar-refractivity contribution < 1.29 is 9.53 Å². The van der Waals surface area contributed by atoms with Crippen LogP contribution in [0.4, 0.5) is 0 Å². The molecule has 0 saturated carbocycles. The molecule has 2 aliphatic heterocycles. The van der Waals surface area contributed by atoms with Gasteiger partial charge < -0.3 is 15.4 Å². The molecule has 7 heteroatoms. The number of nitrogens with two attached hydrogens (primary N) is 1. The number of rotatable bonds is 4. The van der Waals surface area contributed by atoms with E-state index in [9.17, 15) is 4.79 Å². The van der Waals surface area contributed by atoms with Crippen LogP contribution in [-0.2, 0) is 9.53 Å². The van der Waals surface area contributed by atoms with Crippen molar-refractivity contribution in [2.24, 2.45) is 5.73 Å². The molecule has 0 bridgehead atoms. The van der Waals surface area contributed by atoms with Crippen molar-refractivity contribution in [2.75, 3.05) is 39.4 Å². The summed E-state index contributed by atoms with van der Waals surface area (Å²) in [5.41, 5.74) is 5.72. The van der Waals surface area contributed by atoms with Crippen molar-refractivity contribution in [1.29, 1.82) is 0 Å². The maximum atomic E-state index is 12.1. The molecule has 0 aromatic heterocycles. The molecule has 1 amide bonds. The third kappa shape index (κ3) is 5.74. The van der Waals surface area contributed by atoms with Crippen LogP contribution in [0.25, 0.3) is 0 Å². The van der Waals surface area contributed by atoms with Gasteiger partial charge in [0, 0.05) is 44.7 Å². The van der Waals surface area contributed by atoms with Crippen LogP contribution in [0.2, 0.25) is 0 Å². The molecule has 2 heterocycles. The molecule has 0 aliphatic carbocycles. The van der Waals surface area contributed by atoms with Gasteiger partial charge in [0.05, 0.1) is 13.2 Å². The highest BCUT2D eigenvalue weighted by Crippen LogP contribution is 2.20. The average molecular weight is 328 g/mol. The number of carbonyl (C=O) groups excluding carboxylic acids is 1. The van der Waals surface area contributed by atoms with Gasteiger partial charge in [-0.25, -0.2) is 0 Å². The molecular formula is C13H27Cl2N3O2. The van der Waals surface area contributed by atoms with Crippen LogP contribution < -0.4 is 5.73 Å². The summed E-state index contributed by atoms with van der Waals surface area (Å²) in [5.74, 6) is 0.223. The maximum absolute atomic E-state index is 12.1. The quantitative estimate of drug-likeness (QED) is 0.833. The summed E-state index contributed by atoms with van der Waals surface area (Å²) >= 11 is 0. The summed E-state index contributed by atoms with van der Waals surface area (Å²) in [4.78, 5) is 16.6. The van der Waals surface area contributed by atoms with E-state index in [2.05, 4.69) is 4.90 Å². The minimum Gasteiger partial charge on any atom is -0.379 e. The Labute approximate surface area is 134 Å². The zero-order chi connectivity index (χ0) is 13.0. The normalized spacial score (nSPS) is 24.7. The fourth-order valence-corrected chi connectivity index (χ4v) is 2.83. The molecule has 0 spiro atoms. The molecule has 20 heavy (non-hydrogen) atoms. The minimum absolute atomic E-state index is 0. The predicted octanol–water partition coefficient (Wildman–Crippen LogP) is 0.890. The number of ether oxygens (including phenoxy) is 1. The first-order valence-corrected chi connectivity index (χ1v) is 7.02. The molecule has 2 saturated heterocycles. The number of carbonyl (C=O) groups is 1. The van der Waals surface area contributed by atoms with Crippen molar-refractivity contribution in [3.8, 4) is 0 Å². The number of hydrogen-bond acceptors (Lipinski definition) is 4. The topological polar surface area (TPSA) is 58.8 Å². The summed E-state index contributed by atoms with van der Waals surface area (Å²) in [6.07, 6.45) is 2.72. The average Bonchev–Trinajstić information content (AvgIpc) is 2.77. The maximum Gasteiger partial charge on any atom is 0.224 e. The number of likely N-dealkylation sites (tertiary alicyclic amines) is 1. The SMILES string of the molecule is CC(N)CC(=O)N1CCCC1CN1CCOCC1.Cl.Cl. The lowest BCUT2D eigenvalue weighted by Crippen LogP contribution is -2.47. The van der Waals surface area contributed by atoms with Gasteiger partial charge in [0.25, 0.3) is 0 Å². The Bertz CT molecular complexity index is 287. The van der Waals surface area contributed by atoms with Crippen molar-refractivity contribution in [2.45, 2.75) is 38.3 Å². The number of halogens is 2. The first-order valence-electron chi connectivity index (χ1n) is 7.02. The van der Waals surface area contributed by atoms with E-state index in [0.717, 1.165) is 52.2 Å². The van der Waals surface area contributed by atoms with Crippen molar-refractivity contribution in [3.63, 3.8) is 0 Å². The highest BCUT2D eigenvalue weighted by molar-refractivity contribution is 5.85. The van der Waals surface area contributed by atoms with Crippen LogP contribution in [0.5, 0.6) is 0 Å². The standard InChI is InChI=1S/C13H25N3O2.2ClH/c1-11(14)9-13(17)16-4-2-3-12(16)10-15-5-7-18-8-6-15;;/h11-12H,2-10,14H2,1H3;2*1H. The molecule has 0 radical (unpaired) electrons. The largest absolute Gasteiger partial charge is 0.379 e. The highest BCUT2D eigenvalue weighted by Gasteiger charge is 2.30. The van der Waals surface area contributed by atoms with E-state index in [-0.39, 0.29) is 36.8 Å². The Kier molecular flexibility index (Phi) is 9.76. The Hall–Kier alpha value is -0.0700. The monoisotopic (exact) mass is 327 g/mol. The lowest BCUT2D eigenvalue weighted by Gasteiger charge is -2.33. The van der Waals surface area contributed by atoms with Crippen molar-refractivity contribution in [3.05, 3.63) is 0 Å². The summed E-state index contributed by atoms with van der Waals surface area (Å²) in [6.45, 7) is 7.41. The molecule has 2 unspecified atom stereocenters. The van der Waals surface area contributed by atoms with Gasteiger partial charge in [0.2, 0.25) is 5.91 Å². The van der Waals surface area contributed by atoms with Gasteiger partial charge in [-0.2, -0.15) is 0 Å². The molecular weight excluding hydrogens is 301 g/mol. The molecule has 2 atom stereocenters. The minimum atomic E-state index is -0.0397. The second kappa shape index (κ2) is 9.79. The lowest BCUT2D eigenvalue weighted by molar-refractivity contribution is -0.132. The Balaban J connectivity index is 0.00000180. The van der Waals surface area contributed by atoms with Crippen molar-refractivity contribution >= 4 is 30.7 Å². The Morgan fingerprint density at radius 1 is 1.30 bits per heavy atom. The van der Waals surface area contributed by atoms with Crippen LogP contribution >= 0.6 is 24.8 Å².